The molecule has 0 saturated carbocycles. The van der Waals surface area contributed by atoms with E-state index in [9.17, 15) is 0 Å². The van der Waals surface area contributed by atoms with Crippen molar-refractivity contribution in [3.8, 4) is 0 Å². The molecule has 0 aliphatic heterocycles. The Balaban J connectivity index is 2.34. The molecule has 1 rings (SSSR count). The quantitative estimate of drug-likeness (QED) is 0.735. The van der Waals surface area contributed by atoms with Gasteiger partial charge in [-0.25, -0.2) is 9.67 Å². The van der Waals surface area contributed by atoms with E-state index in [4.69, 9.17) is 16.3 Å². The number of nitrogens with one attached hydrogen (secondary N) is 1. The van der Waals surface area contributed by atoms with Gasteiger partial charge in [0.15, 0.2) is 0 Å². The lowest BCUT2D eigenvalue weighted by Crippen LogP contribution is -2.27. The van der Waals surface area contributed by atoms with Gasteiger partial charge in [0.25, 0.3) is 0 Å². The molecule has 1 aromatic heterocycles. The molecule has 1 atom stereocenters. The molecule has 6 heteroatoms. The number of aromatic nitrogens is 3. The Kier molecular flexibility index (Phi) is 5.73. The van der Waals surface area contributed by atoms with Gasteiger partial charge < -0.3 is 10.1 Å². The highest BCUT2D eigenvalue weighted by Gasteiger charge is 2.08. The average molecular weight is 247 g/mol. The van der Waals surface area contributed by atoms with Crippen LogP contribution in [-0.4, -0.2) is 40.4 Å². The second-order valence-corrected chi connectivity index (χ2v) is 4.52. The van der Waals surface area contributed by atoms with Crippen LogP contribution in [0.1, 0.15) is 25.7 Å². The number of nitrogens with zero attached hydrogens (tertiary/aromatic N) is 3. The zero-order valence-corrected chi connectivity index (χ0v) is 10.7. The van der Waals surface area contributed by atoms with E-state index in [1.807, 2.05) is 4.68 Å². The number of methoxy groups -OCH3 is 1. The van der Waals surface area contributed by atoms with Crippen molar-refractivity contribution in [2.75, 3.05) is 20.3 Å². The van der Waals surface area contributed by atoms with E-state index >= 15 is 0 Å². The third-order valence-corrected chi connectivity index (χ3v) is 2.41. The highest BCUT2D eigenvalue weighted by Crippen LogP contribution is 2.04. The molecule has 1 aromatic rings. The minimum Gasteiger partial charge on any atom is -0.383 e. The molecule has 1 heterocycles. The molecular weight excluding hydrogens is 228 g/mol. The van der Waals surface area contributed by atoms with Crippen LogP contribution in [0.2, 0.25) is 0 Å². The van der Waals surface area contributed by atoms with Gasteiger partial charge >= 0.3 is 0 Å². The van der Waals surface area contributed by atoms with E-state index in [2.05, 4.69) is 29.2 Å². The van der Waals surface area contributed by atoms with Crippen LogP contribution in [0.15, 0.2) is 6.33 Å². The van der Waals surface area contributed by atoms with Crippen molar-refractivity contribution in [3.63, 3.8) is 0 Å². The number of halogens is 1. The first kappa shape index (κ1) is 13.4. The van der Waals surface area contributed by atoms with E-state index in [-0.39, 0.29) is 5.38 Å². The largest absolute Gasteiger partial charge is 0.383 e. The zero-order valence-electron chi connectivity index (χ0n) is 9.98. The maximum absolute atomic E-state index is 5.99. The van der Waals surface area contributed by atoms with Crippen LogP contribution in [0, 0.1) is 0 Å². The van der Waals surface area contributed by atoms with Crippen LogP contribution in [0.5, 0.6) is 0 Å². The molecule has 1 N–H and O–H groups in total. The molecule has 0 aliphatic rings. The van der Waals surface area contributed by atoms with Gasteiger partial charge in [0, 0.05) is 19.7 Å². The summed E-state index contributed by atoms with van der Waals surface area (Å²) in [6.07, 6.45) is 1.57. The van der Waals surface area contributed by atoms with Crippen LogP contribution in [0.3, 0.4) is 0 Å². The lowest BCUT2D eigenvalue weighted by molar-refractivity contribution is 0.196. The average Bonchev–Trinajstić information content (AvgIpc) is 2.66. The predicted molar refractivity (Wildman–Crippen MR) is 63.6 cm³/mol. The molecular formula is C10H19ClN4O. The number of alkyl halides is 1. The molecule has 0 spiro atoms. The lowest BCUT2D eigenvalue weighted by atomic mass is 10.4. The van der Waals surface area contributed by atoms with Crippen LogP contribution < -0.4 is 5.32 Å². The Hall–Kier alpha value is -0.650. The van der Waals surface area contributed by atoms with Gasteiger partial charge in [-0.05, 0) is 13.8 Å². The Morgan fingerprint density at radius 1 is 1.56 bits per heavy atom. The van der Waals surface area contributed by atoms with Crippen LogP contribution in [0.4, 0.5) is 0 Å². The van der Waals surface area contributed by atoms with Crippen molar-refractivity contribution in [1.29, 1.82) is 0 Å². The summed E-state index contributed by atoms with van der Waals surface area (Å²) >= 11 is 5.99. The first-order chi connectivity index (χ1) is 7.65. The number of hydrogen-bond acceptors (Lipinski definition) is 4. The van der Waals surface area contributed by atoms with E-state index in [1.54, 1.807) is 13.4 Å². The highest BCUT2D eigenvalue weighted by atomic mass is 35.5. The lowest BCUT2D eigenvalue weighted by Gasteiger charge is -2.12. The van der Waals surface area contributed by atoms with Crippen molar-refractivity contribution in [2.45, 2.75) is 31.8 Å². The monoisotopic (exact) mass is 246 g/mol. The number of rotatable bonds is 7. The maximum Gasteiger partial charge on any atom is 0.141 e. The minimum absolute atomic E-state index is 0.0135. The first-order valence-electron chi connectivity index (χ1n) is 5.37. The molecule has 0 aromatic carbocycles. The van der Waals surface area contributed by atoms with Crippen molar-refractivity contribution in [2.24, 2.45) is 0 Å². The molecule has 0 fully saturated rings. The second kappa shape index (κ2) is 6.83. The third kappa shape index (κ3) is 4.08. The molecule has 0 saturated heterocycles. The normalized spacial score (nSPS) is 13.3. The summed E-state index contributed by atoms with van der Waals surface area (Å²) in [4.78, 5) is 4.20. The molecule has 0 radical (unpaired) electrons. The van der Waals surface area contributed by atoms with Crippen LogP contribution >= 0.6 is 11.6 Å². The summed E-state index contributed by atoms with van der Waals surface area (Å²) in [6, 6.07) is 0.324. The Morgan fingerprint density at radius 2 is 2.31 bits per heavy atom. The molecule has 0 aliphatic carbocycles. The van der Waals surface area contributed by atoms with E-state index in [0.29, 0.717) is 25.7 Å². The van der Waals surface area contributed by atoms with Crippen molar-refractivity contribution in [1.82, 2.24) is 20.1 Å². The Labute approximate surface area is 101 Å². The van der Waals surface area contributed by atoms with Gasteiger partial charge in [0.05, 0.1) is 18.5 Å². The van der Waals surface area contributed by atoms with Gasteiger partial charge in [-0.2, -0.15) is 5.10 Å². The predicted octanol–water partition coefficient (Wildman–Crippen LogP) is 1.20. The van der Waals surface area contributed by atoms with Crippen molar-refractivity contribution >= 4 is 11.6 Å². The summed E-state index contributed by atoms with van der Waals surface area (Å²) in [6.45, 7) is 6.07. The topological polar surface area (TPSA) is 52.0 Å². The molecule has 1 unspecified atom stereocenters. The second-order valence-electron chi connectivity index (χ2n) is 3.90. The number of ether oxygens (including phenoxy) is 1. The van der Waals surface area contributed by atoms with E-state index < -0.39 is 0 Å². The van der Waals surface area contributed by atoms with Crippen molar-refractivity contribution < 1.29 is 4.74 Å². The van der Waals surface area contributed by atoms with E-state index in [1.165, 1.54) is 0 Å². The van der Waals surface area contributed by atoms with Crippen LogP contribution in [0.25, 0.3) is 0 Å². The third-order valence-electron chi connectivity index (χ3n) is 2.13. The molecule has 92 valence electrons. The first-order valence-corrected chi connectivity index (χ1v) is 5.81. The Morgan fingerprint density at radius 3 is 2.94 bits per heavy atom. The fourth-order valence-corrected chi connectivity index (χ4v) is 1.65. The summed E-state index contributed by atoms with van der Waals surface area (Å²) in [5, 5.41) is 7.38. The highest BCUT2D eigenvalue weighted by molar-refractivity contribution is 6.20. The van der Waals surface area contributed by atoms with Gasteiger partial charge in [-0.1, -0.05) is 0 Å². The SMILES string of the molecule is COCC(Cl)CNCc1ncnn1C(C)C. The molecule has 0 bridgehead atoms. The smallest absolute Gasteiger partial charge is 0.141 e. The zero-order chi connectivity index (χ0) is 12.0. The van der Waals surface area contributed by atoms with Gasteiger partial charge in [-0.3, -0.25) is 0 Å². The fourth-order valence-electron chi connectivity index (χ4n) is 1.41. The van der Waals surface area contributed by atoms with Gasteiger partial charge in [-0.15, -0.1) is 11.6 Å². The Bertz CT molecular complexity index is 303. The summed E-state index contributed by atoms with van der Waals surface area (Å²) in [5.41, 5.74) is 0. The fraction of sp³-hybridized carbons (Fsp3) is 0.800. The van der Waals surface area contributed by atoms with Gasteiger partial charge in [0.2, 0.25) is 0 Å². The van der Waals surface area contributed by atoms with Crippen LogP contribution in [-0.2, 0) is 11.3 Å². The minimum atomic E-state index is -0.0135. The molecule has 16 heavy (non-hydrogen) atoms. The molecule has 0 amide bonds. The summed E-state index contributed by atoms with van der Waals surface area (Å²) < 4.78 is 6.84. The van der Waals surface area contributed by atoms with Gasteiger partial charge in [0.1, 0.15) is 12.2 Å². The van der Waals surface area contributed by atoms with E-state index in [0.717, 1.165) is 5.82 Å². The molecule has 5 nitrogen and oxygen atoms in total. The summed E-state index contributed by atoms with van der Waals surface area (Å²) in [7, 11) is 1.64. The van der Waals surface area contributed by atoms with Crippen molar-refractivity contribution in [3.05, 3.63) is 12.2 Å². The maximum atomic E-state index is 5.99. The standard InChI is InChI=1S/C10H19ClN4O/c1-8(2)15-10(13-7-14-15)5-12-4-9(11)6-16-3/h7-9,12H,4-6H2,1-3H3. The summed E-state index contributed by atoms with van der Waals surface area (Å²) in [5.74, 6) is 0.927. The number of hydrogen-bond donors (Lipinski definition) is 1.